The van der Waals surface area contributed by atoms with Crippen LogP contribution in [0.1, 0.15) is 11.3 Å². The van der Waals surface area contributed by atoms with Crippen molar-refractivity contribution in [2.24, 2.45) is 0 Å². The number of fused-ring (bicyclic) bond motifs is 1. The van der Waals surface area contributed by atoms with E-state index in [4.69, 9.17) is 9.84 Å². The Morgan fingerprint density at radius 1 is 1.03 bits per heavy atom. The van der Waals surface area contributed by atoms with Crippen molar-refractivity contribution in [1.82, 2.24) is 29.5 Å². The van der Waals surface area contributed by atoms with Gasteiger partial charge in [0.2, 0.25) is 0 Å². The maximum atomic E-state index is 5.43. The third kappa shape index (κ3) is 4.65. The van der Waals surface area contributed by atoms with Gasteiger partial charge in [0.15, 0.2) is 5.82 Å². The van der Waals surface area contributed by atoms with E-state index in [2.05, 4.69) is 54.8 Å². The molecular formula is C20H26Cl2N6O. The summed E-state index contributed by atoms with van der Waals surface area (Å²) in [6.07, 6.45) is 3.84. The summed E-state index contributed by atoms with van der Waals surface area (Å²) < 4.78 is 9.62. The zero-order chi connectivity index (χ0) is 18.1. The van der Waals surface area contributed by atoms with Gasteiger partial charge < -0.3 is 10.1 Å². The highest BCUT2D eigenvalue weighted by Gasteiger charge is 2.17. The van der Waals surface area contributed by atoms with Crippen LogP contribution in [0.15, 0.2) is 42.7 Å². The molecule has 2 aliphatic heterocycles. The third-order valence-corrected chi connectivity index (χ3v) is 5.26. The Hall–Kier alpha value is -1.90. The summed E-state index contributed by atoms with van der Waals surface area (Å²) in [5.74, 6) is 0.887. The second-order valence-electron chi connectivity index (χ2n) is 7.10. The highest BCUT2D eigenvalue weighted by molar-refractivity contribution is 5.85. The number of imidazole rings is 1. The Kier molecular flexibility index (Phi) is 7.32. The van der Waals surface area contributed by atoms with Crippen molar-refractivity contribution in [2.45, 2.75) is 19.6 Å². The summed E-state index contributed by atoms with van der Waals surface area (Å²) in [6, 6.07) is 10.9. The number of halogens is 2. The minimum atomic E-state index is 0. The van der Waals surface area contributed by atoms with Crippen LogP contribution < -0.4 is 5.32 Å². The molecule has 1 fully saturated rings. The number of hydrogen-bond donors (Lipinski definition) is 1. The Balaban J connectivity index is 0.00000120. The fourth-order valence-electron chi connectivity index (χ4n) is 3.78. The van der Waals surface area contributed by atoms with Gasteiger partial charge in [0.25, 0.3) is 0 Å². The van der Waals surface area contributed by atoms with Gasteiger partial charge >= 0.3 is 0 Å². The number of ether oxygens (including phenoxy) is 1. The SMILES string of the molecule is Cl.Cl.c1cn(-c2ccc(CN3CCOCC3)cc2)c(-c2cc3n(n2)CCNC3)n1. The van der Waals surface area contributed by atoms with Gasteiger partial charge in [-0.25, -0.2) is 4.98 Å². The van der Waals surface area contributed by atoms with Crippen LogP contribution in [0.5, 0.6) is 0 Å². The van der Waals surface area contributed by atoms with Crippen molar-refractivity contribution < 1.29 is 4.74 Å². The average Bonchev–Trinajstić information content (AvgIpc) is 3.36. The topological polar surface area (TPSA) is 60.1 Å². The van der Waals surface area contributed by atoms with Crippen molar-refractivity contribution >= 4 is 24.8 Å². The summed E-state index contributed by atoms with van der Waals surface area (Å²) in [4.78, 5) is 7.00. The molecule has 2 aromatic heterocycles. The van der Waals surface area contributed by atoms with E-state index in [9.17, 15) is 0 Å². The number of morpholine rings is 1. The maximum absolute atomic E-state index is 5.43. The zero-order valence-corrected chi connectivity index (χ0v) is 17.8. The van der Waals surface area contributed by atoms with Crippen molar-refractivity contribution in [3.8, 4) is 17.2 Å². The highest BCUT2D eigenvalue weighted by Crippen LogP contribution is 2.23. The van der Waals surface area contributed by atoms with Gasteiger partial charge in [-0.05, 0) is 23.8 Å². The van der Waals surface area contributed by atoms with Crippen LogP contribution in [-0.4, -0.2) is 57.1 Å². The molecule has 156 valence electrons. The normalized spacial score (nSPS) is 16.6. The lowest BCUT2D eigenvalue weighted by atomic mass is 10.2. The highest BCUT2D eigenvalue weighted by atomic mass is 35.5. The minimum absolute atomic E-state index is 0. The van der Waals surface area contributed by atoms with E-state index in [-0.39, 0.29) is 24.8 Å². The van der Waals surface area contributed by atoms with Crippen LogP contribution >= 0.6 is 24.8 Å². The van der Waals surface area contributed by atoms with E-state index in [1.54, 1.807) is 0 Å². The molecule has 9 heteroatoms. The van der Waals surface area contributed by atoms with Crippen LogP contribution in [-0.2, 0) is 24.4 Å². The molecule has 1 saturated heterocycles. The lowest BCUT2D eigenvalue weighted by Gasteiger charge is -2.26. The lowest BCUT2D eigenvalue weighted by molar-refractivity contribution is 0.0342. The molecule has 2 aliphatic rings. The van der Waals surface area contributed by atoms with E-state index in [1.165, 1.54) is 11.3 Å². The molecule has 0 aliphatic carbocycles. The standard InChI is InChI=1S/C20H24N6O.2ClH/c1-3-17(4-2-16(1)15-24-9-11-27-12-10-24)25-7-6-22-20(25)19-13-18-14-21-5-8-26(18)23-19;;/h1-4,6-7,13,21H,5,8-12,14-15H2;2*1H. The fraction of sp³-hybridized carbons (Fsp3) is 0.400. The molecule has 29 heavy (non-hydrogen) atoms. The minimum Gasteiger partial charge on any atom is -0.379 e. The second-order valence-corrected chi connectivity index (χ2v) is 7.10. The molecule has 0 amide bonds. The number of rotatable bonds is 4. The first-order valence-corrected chi connectivity index (χ1v) is 9.57. The van der Waals surface area contributed by atoms with Gasteiger partial charge in [-0.1, -0.05) is 12.1 Å². The zero-order valence-electron chi connectivity index (χ0n) is 16.2. The molecule has 7 nitrogen and oxygen atoms in total. The Labute approximate surface area is 182 Å². The number of nitrogens with zero attached hydrogens (tertiary/aromatic N) is 5. The molecule has 0 saturated carbocycles. The average molecular weight is 437 g/mol. The second kappa shape index (κ2) is 9.73. The van der Waals surface area contributed by atoms with E-state index in [1.807, 2.05) is 12.4 Å². The molecule has 5 rings (SSSR count). The molecule has 3 aromatic rings. The van der Waals surface area contributed by atoms with Crippen LogP contribution in [0.25, 0.3) is 17.2 Å². The predicted octanol–water partition coefficient (Wildman–Crippen LogP) is 2.51. The first-order chi connectivity index (χ1) is 13.4. The summed E-state index contributed by atoms with van der Waals surface area (Å²) in [7, 11) is 0. The van der Waals surface area contributed by atoms with Crippen LogP contribution in [0, 0.1) is 0 Å². The molecule has 0 unspecified atom stereocenters. The maximum Gasteiger partial charge on any atom is 0.165 e. The number of hydrogen-bond acceptors (Lipinski definition) is 5. The van der Waals surface area contributed by atoms with E-state index >= 15 is 0 Å². The van der Waals surface area contributed by atoms with Gasteiger partial charge in [-0.15, -0.1) is 24.8 Å². The van der Waals surface area contributed by atoms with Gasteiger partial charge in [0.05, 0.1) is 25.5 Å². The molecule has 1 N–H and O–H groups in total. The summed E-state index contributed by atoms with van der Waals surface area (Å²) >= 11 is 0. The lowest BCUT2D eigenvalue weighted by Crippen LogP contribution is -2.35. The molecule has 0 spiro atoms. The Morgan fingerprint density at radius 2 is 1.83 bits per heavy atom. The van der Waals surface area contributed by atoms with Crippen molar-refractivity contribution in [3.63, 3.8) is 0 Å². The van der Waals surface area contributed by atoms with Gasteiger partial charge in [0, 0.05) is 50.8 Å². The van der Waals surface area contributed by atoms with E-state index in [0.29, 0.717) is 0 Å². The summed E-state index contributed by atoms with van der Waals surface area (Å²) in [5.41, 5.74) is 4.57. The molecule has 0 atom stereocenters. The van der Waals surface area contributed by atoms with Crippen molar-refractivity contribution in [2.75, 3.05) is 32.8 Å². The van der Waals surface area contributed by atoms with Gasteiger partial charge in [-0.2, -0.15) is 5.10 Å². The number of nitrogens with one attached hydrogen (secondary N) is 1. The first-order valence-electron chi connectivity index (χ1n) is 9.57. The molecule has 4 heterocycles. The van der Waals surface area contributed by atoms with E-state index < -0.39 is 0 Å². The molecule has 1 aromatic carbocycles. The van der Waals surface area contributed by atoms with Crippen LogP contribution in [0.3, 0.4) is 0 Å². The quantitative estimate of drug-likeness (QED) is 0.680. The summed E-state index contributed by atoms with van der Waals surface area (Å²) in [5, 5.41) is 8.13. The molecule has 0 bridgehead atoms. The molecular weight excluding hydrogens is 411 g/mol. The molecule has 0 radical (unpaired) electrons. The largest absolute Gasteiger partial charge is 0.379 e. The Morgan fingerprint density at radius 3 is 2.59 bits per heavy atom. The number of aromatic nitrogens is 4. The number of benzene rings is 1. The van der Waals surface area contributed by atoms with Crippen LogP contribution in [0.4, 0.5) is 0 Å². The van der Waals surface area contributed by atoms with Crippen molar-refractivity contribution in [1.29, 1.82) is 0 Å². The third-order valence-electron chi connectivity index (χ3n) is 5.26. The van der Waals surface area contributed by atoms with Gasteiger partial charge in [0.1, 0.15) is 5.69 Å². The first kappa shape index (κ1) is 21.8. The Bertz CT molecular complexity index is 894. The smallest absolute Gasteiger partial charge is 0.165 e. The monoisotopic (exact) mass is 436 g/mol. The van der Waals surface area contributed by atoms with Crippen molar-refractivity contribution in [3.05, 3.63) is 54.0 Å². The van der Waals surface area contributed by atoms with Gasteiger partial charge in [-0.3, -0.25) is 14.1 Å². The van der Waals surface area contributed by atoms with E-state index in [0.717, 1.165) is 69.7 Å². The summed E-state index contributed by atoms with van der Waals surface area (Å²) in [6.45, 7) is 7.40. The fourth-order valence-corrected chi connectivity index (χ4v) is 3.78. The predicted molar refractivity (Wildman–Crippen MR) is 117 cm³/mol. The van der Waals surface area contributed by atoms with Crippen LogP contribution in [0.2, 0.25) is 0 Å².